The molecule has 0 saturated carbocycles. The predicted octanol–water partition coefficient (Wildman–Crippen LogP) is 3.64. The van der Waals surface area contributed by atoms with Crippen molar-refractivity contribution in [3.05, 3.63) is 60.2 Å². The van der Waals surface area contributed by atoms with Gasteiger partial charge in [0.1, 0.15) is 5.75 Å². The summed E-state index contributed by atoms with van der Waals surface area (Å²) in [5.41, 5.74) is 2.04. The summed E-state index contributed by atoms with van der Waals surface area (Å²) in [6.45, 7) is 3.52. The van der Waals surface area contributed by atoms with Gasteiger partial charge in [0.2, 0.25) is 0 Å². The van der Waals surface area contributed by atoms with Crippen LogP contribution in [0.15, 0.2) is 59.8 Å². The highest BCUT2D eigenvalue weighted by Gasteiger charge is 2.15. The van der Waals surface area contributed by atoms with Crippen LogP contribution in [0.5, 0.6) is 5.75 Å². The van der Waals surface area contributed by atoms with Crippen molar-refractivity contribution in [3.63, 3.8) is 0 Å². The van der Waals surface area contributed by atoms with Crippen molar-refractivity contribution in [3.8, 4) is 17.1 Å². The van der Waals surface area contributed by atoms with Crippen molar-refractivity contribution in [1.29, 1.82) is 0 Å². The molecule has 148 valence electrons. The topological polar surface area (TPSA) is 69.4 Å². The molecular formula is C21H25N3O3S. The first-order valence-electron chi connectivity index (χ1n) is 9.21. The molecule has 0 saturated heterocycles. The quantitative estimate of drug-likeness (QED) is 0.525. The number of benzene rings is 2. The Kier molecular flexibility index (Phi) is 7.47. The second-order valence-electron chi connectivity index (χ2n) is 6.25. The highest BCUT2D eigenvalue weighted by molar-refractivity contribution is 7.99. The number of ether oxygens (including phenoxy) is 2. The lowest BCUT2D eigenvalue weighted by Crippen LogP contribution is -2.18. The van der Waals surface area contributed by atoms with Crippen molar-refractivity contribution in [1.82, 2.24) is 14.8 Å². The van der Waals surface area contributed by atoms with E-state index in [1.54, 1.807) is 7.11 Å². The SMILES string of the molecule is CCn1c(SC[C@H](O)COCc2cccc(OC)c2)nnc1-c1ccccc1. The monoisotopic (exact) mass is 399 g/mol. The molecule has 2 aromatic carbocycles. The molecule has 1 aromatic heterocycles. The number of aliphatic hydroxyl groups excluding tert-OH is 1. The van der Waals surface area contributed by atoms with E-state index in [0.717, 1.165) is 34.4 Å². The average Bonchev–Trinajstić information content (AvgIpc) is 3.16. The highest BCUT2D eigenvalue weighted by Crippen LogP contribution is 2.24. The molecule has 0 aliphatic rings. The zero-order chi connectivity index (χ0) is 19.8. The van der Waals surface area contributed by atoms with Gasteiger partial charge in [-0.3, -0.25) is 0 Å². The summed E-state index contributed by atoms with van der Waals surface area (Å²) in [5, 5.41) is 19.7. The van der Waals surface area contributed by atoms with Crippen LogP contribution in [-0.2, 0) is 17.9 Å². The van der Waals surface area contributed by atoms with E-state index in [1.807, 2.05) is 54.6 Å². The minimum Gasteiger partial charge on any atom is -0.497 e. The fourth-order valence-corrected chi connectivity index (χ4v) is 3.68. The number of hydrogen-bond donors (Lipinski definition) is 1. The molecule has 1 N–H and O–H groups in total. The molecule has 1 atom stereocenters. The molecule has 0 aliphatic heterocycles. The van der Waals surface area contributed by atoms with E-state index in [0.29, 0.717) is 12.4 Å². The number of thioether (sulfide) groups is 1. The first-order chi connectivity index (χ1) is 13.7. The van der Waals surface area contributed by atoms with Gasteiger partial charge in [0, 0.05) is 17.9 Å². The van der Waals surface area contributed by atoms with Gasteiger partial charge in [-0.15, -0.1) is 10.2 Å². The van der Waals surface area contributed by atoms with Gasteiger partial charge < -0.3 is 19.1 Å². The molecule has 0 bridgehead atoms. The Labute approximate surface area is 169 Å². The van der Waals surface area contributed by atoms with Gasteiger partial charge in [0.15, 0.2) is 11.0 Å². The molecule has 3 rings (SSSR count). The molecule has 1 heterocycles. The Balaban J connectivity index is 1.50. The summed E-state index contributed by atoms with van der Waals surface area (Å²) in [6.07, 6.45) is -0.585. The summed E-state index contributed by atoms with van der Waals surface area (Å²) < 4.78 is 12.9. The molecule has 6 nitrogen and oxygen atoms in total. The van der Waals surface area contributed by atoms with E-state index in [2.05, 4.69) is 21.7 Å². The predicted molar refractivity (Wildman–Crippen MR) is 111 cm³/mol. The third-order valence-electron chi connectivity index (χ3n) is 4.18. The third kappa shape index (κ3) is 5.34. The number of aromatic nitrogens is 3. The second-order valence-corrected chi connectivity index (χ2v) is 7.24. The number of hydrogen-bond acceptors (Lipinski definition) is 6. The summed E-state index contributed by atoms with van der Waals surface area (Å²) in [5.74, 6) is 2.13. The van der Waals surface area contributed by atoms with E-state index < -0.39 is 6.10 Å². The van der Waals surface area contributed by atoms with Crippen LogP contribution >= 0.6 is 11.8 Å². The van der Waals surface area contributed by atoms with E-state index in [4.69, 9.17) is 9.47 Å². The Bertz CT molecular complexity index is 870. The first kappa shape index (κ1) is 20.4. The lowest BCUT2D eigenvalue weighted by Gasteiger charge is -2.12. The molecule has 0 fully saturated rings. The molecular weight excluding hydrogens is 374 g/mol. The van der Waals surface area contributed by atoms with E-state index in [-0.39, 0.29) is 6.61 Å². The Morgan fingerprint density at radius 2 is 1.93 bits per heavy atom. The smallest absolute Gasteiger partial charge is 0.191 e. The minimum absolute atomic E-state index is 0.260. The number of methoxy groups -OCH3 is 1. The van der Waals surface area contributed by atoms with Gasteiger partial charge in [0.05, 0.1) is 26.4 Å². The maximum Gasteiger partial charge on any atom is 0.191 e. The van der Waals surface area contributed by atoms with Gasteiger partial charge >= 0.3 is 0 Å². The maximum atomic E-state index is 10.2. The van der Waals surface area contributed by atoms with Crippen molar-refractivity contribution in [2.45, 2.75) is 31.3 Å². The third-order valence-corrected chi connectivity index (χ3v) is 5.29. The molecule has 3 aromatic rings. The standard InChI is InChI=1S/C21H25N3O3S/c1-3-24-20(17-9-5-4-6-10-17)22-23-21(24)28-15-18(25)14-27-13-16-8-7-11-19(12-16)26-2/h4-12,18,25H,3,13-15H2,1-2H3/t18-/m1/s1. The van der Waals surface area contributed by atoms with Gasteiger partial charge in [0.25, 0.3) is 0 Å². The maximum absolute atomic E-state index is 10.2. The highest BCUT2D eigenvalue weighted by atomic mass is 32.2. The number of aliphatic hydroxyl groups is 1. The van der Waals surface area contributed by atoms with Crippen LogP contribution < -0.4 is 4.74 Å². The molecule has 0 radical (unpaired) electrons. The Morgan fingerprint density at radius 1 is 1.11 bits per heavy atom. The van der Waals surface area contributed by atoms with Crippen LogP contribution in [0.1, 0.15) is 12.5 Å². The lowest BCUT2D eigenvalue weighted by molar-refractivity contribution is 0.0397. The first-order valence-corrected chi connectivity index (χ1v) is 10.2. The van der Waals surface area contributed by atoms with Crippen LogP contribution in [-0.4, -0.2) is 45.4 Å². The van der Waals surface area contributed by atoms with Crippen LogP contribution in [0.3, 0.4) is 0 Å². The normalized spacial score (nSPS) is 12.1. The van der Waals surface area contributed by atoms with Gasteiger partial charge in [-0.05, 0) is 24.6 Å². The summed E-state index contributed by atoms with van der Waals surface area (Å²) in [4.78, 5) is 0. The zero-order valence-corrected chi connectivity index (χ0v) is 16.9. The van der Waals surface area contributed by atoms with Crippen molar-refractivity contribution in [2.24, 2.45) is 0 Å². The molecule has 0 aliphatic carbocycles. The summed E-state index contributed by atoms with van der Waals surface area (Å²) in [7, 11) is 1.64. The van der Waals surface area contributed by atoms with Crippen LogP contribution in [0, 0.1) is 0 Å². The van der Waals surface area contributed by atoms with E-state index >= 15 is 0 Å². The molecule has 0 spiro atoms. The molecule has 0 unspecified atom stereocenters. The van der Waals surface area contributed by atoms with Crippen LogP contribution in [0.4, 0.5) is 0 Å². The van der Waals surface area contributed by atoms with Gasteiger partial charge in [-0.25, -0.2) is 0 Å². The van der Waals surface area contributed by atoms with Crippen molar-refractivity contribution in [2.75, 3.05) is 19.5 Å². The molecule has 0 amide bonds. The second kappa shape index (κ2) is 10.3. The number of nitrogens with zero attached hydrogens (tertiary/aromatic N) is 3. The number of rotatable bonds is 10. The van der Waals surface area contributed by atoms with E-state index in [9.17, 15) is 5.11 Å². The fraction of sp³-hybridized carbons (Fsp3) is 0.333. The van der Waals surface area contributed by atoms with Crippen LogP contribution in [0.2, 0.25) is 0 Å². The Hall–Kier alpha value is -2.35. The largest absolute Gasteiger partial charge is 0.497 e. The van der Waals surface area contributed by atoms with E-state index in [1.165, 1.54) is 11.8 Å². The summed E-state index contributed by atoms with van der Waals surface area (Å²) in [6, 6.07) is 17.7. The van der Waals surface area contributed by atoms with Crippen molar-refractivity contribution < 1.29 is 14.6 Å². The molecule has 7 heteroatoms. The lowest BCUT2D eigenvalue weighted by atomic mass is 10.2. The van der Waals surface area contributed by atoms with Crippen LogP contribution in [0.25, 0.3) is 11.4 Å². The average molecular weight is 400 g/mol. The molecule has 28 heavy (non-hydrogen) atoms. The van der Waals surface area contributed by atoms with Crippen molar-refractivity contribution >= 4 is 11.8 Å². The fourth-order valence-electron chi connectivity index (χ4n) is 2.78. The van der Waals surface area contributed by atoms with Gasteiger partial charge in [-0.2, -0.15) is 0 Å². The Morgan fingerprint density at radius 3 is 2.68 bits per heavy atom. The zero-order valence-electron chi connectivity index (χ0n) is 16.1. The minimum atomic E-state index is -0.585. The van der Waals surface area contributed by atoms with Gasteiger partial charge in [-0.1, -0.05) is 54.2 Å². The summed E-state index contributed by atoms with van der Waals surface area (Å²) >= 11 is 1.49.